The number of Topliss-reactive ketones (excluding diaryl/α,β-unsaturated/α-hetero) is 1. The Bertz CT molecular complexity index is 1950. The van der Waals surface area contributed by atoms with E-state index >= 15 is 0 Å². The molecular formula is C37H48N6O7S. The molecule has 2 fully saturated rings. The number of benzene rings is 2. The molecule has 51 heavy (non-hydrogen) atoms. The summed E-state index contributed by atoms with van der Waals surface area (Å²) >= 11 is 0. The summed E-state index contributed by atoms with van der Waals surface area (Å²) in [6, 6.07) is 12.9. The Balaban J connectivity index is 1.17. The number of ketones is 1. The zero-order valence-corrected chi connectivity index (χ0v) is 30.3. The van der Waals surface area contributed by atoms with Crippen LogP contribution in [0.15, 0.2) is 58.5 Å². The maximum absolute atomic E-state index is 13.5. The molecule has 2 aliphatic rings. The van der Waals surface area contributed by atoms with Crippen LogP contribution in [0.5, 0.6) is 5.75 Å². The van der Waals surface area contributed by atoms with Crippen LogP contribution in [-0.4, -0.2) is 102 Å². The van der Waals surface area contributed by atoms with Crippen molar-refractivity contribution >= 4 is 27.0 Å². The number of sulfonamides is 1. The molecule has 1 N–H and O–H groups in total. The number of nitrogens with zero attached hydrogens (tertiary/aromatic N) is 5. The molecule has 1 unspecified atom stereocenters. The number of aryl methyl sites for hydroxylation is 1. The Morgan fingerprint density at radius 3 is 2.37 bits per heavy atom. The average Bonchev–Trinajstić information content (AvgIpc) is 3.57. The summed E-state index contributed by atoms with van der Waals surface area (Å²) in [6.45, 7) is 9.51. The normalized spacial score (nSPS) is 16.7. The van der Waals surface area contributed by atoms with E-state index in [2.05, 4.69) is 39.1 Å². The summed E-state index contributed by atoms with van der Waals surface area (Å²) in [5, 5.41) is 0. The van der Waals surface area contributed by atoms with Crippen LogP contribution >= 0.6 is 0 Å². The number of imidazole rings is 1. The van der Waals surface area contributed by atoms with E-state index in [9.17, 15) is 18.0 Å². The second kappa shape index (κ2) is 17.0. The van der Waals surface area contributed by atoms with E-state index in [1.54, 1.807) is 17.6 Å². The summed E-state index contributed by atoms with van der Waals surface area (Å²) in [7, 11) is -3.83. The monoisotopic (exact) mass is 720 g/mol. The Morgan fingerprint density at radius 2 is 1.67 bits per heavy atom. The van der Waals surface area contributed by atoms with E-state index in [-0.39, 0.29) is 40.8 Å². The maximum Gasteiger partial charge on any atom is 0.279 e. The largest absolute Gasteiger partial charge is 0.493 e. The minimum Gasteiger partial charge on any atom is -0.493 e. The first-order valence-electron chi connectivity index (χ1n) is 17.9. The molecule has 6 rings (SSSR count). The highest BCUT2D eigenvalue weighted by atomic mass is 32.2. The summed E-state index contributed by atoms with van der Waals surface area (Å²) in [5.74, 6) is 0.471. The van der Waals surface area contributed by atoms with Crippen molar-refractivity contribution in [2.45, 2.75) is 69.9 Å². The lowest BCUT2D eigenvalue weighted by Crippen LogP contribution is -2.40. The molecule has 2 aromatic heterocycles. The van der Waals surface area contributed by atoms with E-state index in [1.807, 2.05) is 6.92 Å². The molecule has 2 aromatic carbocycles. The summed E-state index contributed by atoms with van der Waals surface area (Å²) in [6.07, 6.45) is 6.49. The molecule has 1 atom stereocenters. The van der Waals surface area contributed by atoms with Crippen molar-refractivity contribution in [1.29, 1.82) is 0 Å². The van der Waals surface area contributed by atoms with Gasteiger partial charge in [0.25, 0.3) is 5.56 Å². The smallest absolute Gasteiger partial charge is 0.279 e. The highest BCUT2D eigenvalue weighted by Crippen LogP contribution is 2.32. The van der Waals surface area contributed by atoms with Gasteiger partial charge in [0.2, 0.25) is 10.0 Å². The zero-order valence-electron chi connectivity index (χ0n) is 29.5. The van der Waals surface area contributed by atoms with Crippen LogP contribution < -0.4 is 10.3 Å². The molecule has 0 spiro atoms. The molecule has 0 amide bonds. The molecule has 4 heterocycles. The molecule has 2 aliphatic heterocycles. The lowest BCUT2D eigenvalue weighted by atomic mass is 10.0. The number of hydrogen-bond donors (Lipinski definition) is 1. The van der Waals surface area contributed by atoms with Crippen molar-refractivity contribution in [2.24, 2.45) is 0 Å². The van der Waals surface area contributed by atoms with Crippen molar-refractivity contribution in [2.75, 3.05) is 59.2 Å². The number of fused-ring (bicyclic) bond motifs is 1. The number of hydrogen-bond acceptors (Lipinski definition) is 10. The van der Waals surface area contributed by atoms with Gasteiger partial charge in [-0.2, -0.15) is 4.31 Å². The van der Waals surface area contributed by atoms with Crippen LogP contribution in [-0.2, 0) is 37.3 Å². The van der Waals surface area contributed by atoms with Gasteiger partial charge in [0.15, 0.2) is 16.9 Å². The number of morpholine rings is 2. The quantitative estimate of drug-likeness (QED) is 0.166. The molecule has 14 heteroatoms. The van der Waals surface area contributed by atoms with E-state index in [1.165, 1.54) is 33.9 Å². The van der Waals surface area contributed by atoms with Crippen molar-refractivity contribution in [3.05, 3.63) is 70.3 Å². The first-order chi connectivity index (χ1) is 24.7. The van der Waals surface area contributed by atoms with Gasteiger partial charge in [-0.15, -0.1) is 0 Å². The van der Waals surface area contributed by atoms with Gasteiger partial charge in [-0.1, -0.05) is 44.0 Å². The van der Waals surface area contributed by atoms with Gasteiger partial charge in [0, 0.05) is 32.7 Å². The third-order valence-corrected chi connectivity index (χ3v) is 11.4. The van der Waals surface area contributed by atoms with Gasteiger partial charge < -0.3 is 23.8 Å². The predicted octanol–water partition coefficient (Wildman–Crippen LogP) is 4.36. The molecular weight excluding hydrogens is 673 g/mol. The third-order valence-electron chi connectivity index (χ3n) is 9.49. The van der Waals surface area contributed by atoms with E-state index < -0.39 is 21.6 Å². The Hall–Kier alpha value is -3.95. The van der Waals surface area contributed by atoms with Crippen molar-refractivity contribution in [1.82, 2.24) is 28.7 Å². The standard InChI is InChI=1S/C37H48N6O7S/c1-3-19-50-33-14-13-30(51(46,47)42-17-22-49-23-18-42)24-31(33)35-39-36-34(37(45)40-35)38-26-43(36)32(27(2)44)8-6-4-5-7-28-9-11-29(12-10-28)25-41-15-20-48-21-16-41/h9-14,24,26,32H,3-8,15-23,25H2,1-2H3,(H,39,40,45). The van der Waals surface area contributed by atoms with Gasteiger partial charge in [-0.05, 0) is 61.9 Å². The molecule has 2 saturated heterocycles. The predicted molar refractivity (Wildman–Crippen MR) is 193 cm³/mol. The second-order valence-electron chi connectivity index (χ2n) is 13.2. The maximum atomic E-state index is 13.5. The number of ether oxygens (including phenoxy) is 3. The minimum atomic E-state index is -3.83. The summed E-state index contributed by atoms with van der Waals surface area (Å²) < 4.78 is 46.9. The number of H-pyrrole nitrogens is 1. The number of carbonyl (C=O) groups is 1. The average molecular weight is 721 g/mol. The van der Waals surface area contributed by atoms with Crippen molar-refractivity contribution in [3.63, 3.8) is 0 Å². The highest BCUT2D eigenvalue weighted by Gasteiger charge is 2.28. The third kappa shape index (κ3) is 8.93. The van der Waals surface area contributed by atoms with Crippen LogP contribution in [0, 0.1) is 0 Å². The van der Waals surface area contributed by atoms with Gasteiger partial charge in [0.05, 0.1) is 55.9 Å². The number of unbranched alkanes of at least 4 members (excludes halogenated alkanes) is 2. The molecule has 13 nitrogen and oxygen atoms in total. The molecule has 0 saturated carbocycles. The van der Waals surface area contributed by atoms with Crippen molar-refractivity contribution in [3.8, 4) is 17.1 Å². The molecule has 0 radical (unpaired) electrons. The fraction of sp³-hybridized carbons (Fsp3) is 0.514. The first-order valence-corrected chi connectivity index (χ1v) is 19.4. The number of aromatic amines is 1. The zero-order chi connectivity index (χ0) is 35.8. The summed E-state index contributed by atoms with van der Waals surface area (Å²) in [4.78, 5) is 40.7. The Labute approximate surface area is 299 Å². The van der Waals surface area contributed by atoms with E-state index in [0.29, 0.717) is 37.6 Å². The molecule has 0 aliphatic carbocycles. The van der Waals surface area contributed by atoms with Gasteiger partial charge in [-0.25, -0.2) is 18.4 Å². The topological polar surface area (TPSA) is 149 Å². The van der Waals surface area contributed by atoms with Crippen LogP contribution in [0.1, 0.15) is 63.1 Å². The van der Waals surface area contributed by atoms with E-state index in [4.69, 9.17) is 19.2 Å². The van der Waals surface area contributed by atoms with Crippen LogP contribution in [0.2, 0.25) is 0 Å². The second-order valence-corrected chi connectivity index (χ2v) is 15.1. The Morgan fingerprint density at radius 1 is 0.961 bits per heavy atom. The lowest BCUT2D eigenvalue weighted by molar-refractivity contribution is -0.120. The van der Waals surface area contributed by atoms with Crippen LogP contribution in [0.25, 0.3) is 22.6 Å². The molecule has 0 bridgehead atoms. The highest BCUT2D eigenvalue weighted by molar-refractivity contribution is 7.89. The fourth-order valence-electron chi connectivity index (χ4n) is 6.62. The molecule has 4 aromatic rings. The van der Waals surface area contributed by atoms with Crippen LogP contribution in [0.3, 0.4) is 0 Å². The van der Waals surface area contributed by atoms with Gasteiger partial charge >= 0.3 is 0 Å². The first kappa shape index (κ1) is 36.8. The number of aromatic nitrogens is 4. The van der Waals surface area contributed by atoms with Gasteiger partial charge in [-0.3, -0.25) is 14.5 Å². The Kier molecular flexibility index (Phi) is 12.3. The minimum absolute atomic E-state index is 0.0561. The fourth-order valence-corrected chi connectivity index (χ4v) is 8.06. The van der Waals surface area contributed by atoms with Gasteiger partial charge in [0.1, 0.15) is 11.6 Å². The number of rotatable bonds is 16. The van der Waals surface area contributed by atoms with Crippen LogP contribution in [0.4, 0.5) is 0 Å². The number of carbonyl (C=O) groups excluding carboxylic acids is 1. The number of nitrogens with one attached hydrogen (secondary N) is 1. The lowest BCUT2D eigenvalue weighted by Gasteiger charge is -2.26. The van der Waals surface area contributed by atoms with Crippen molar-refractivity contribution < 1.29 is 27.4 Å². The molecule has 274 valence electrons. The SMILES string of the molecule is CCCOc1ccc(S(=O)(=O)N2CCOCC2)cc1-c1nc2c(ncn2C(CCCCCc2ccc(CN3CCOCC3)cc2)C(C)=O)c(=O)[nH]1. The van der Waals surface area contributed by atoms with E-state index in [0.717, 1.165) is 65.0 Å². The summed E-state index contributed by atoms with van der Waals surface area (Å²) in [5.41, 5.74) is 2.81.